The number of rotatable bonds is 1. The molecule has 0 N–H and O–H groups in total. The molecular formula is C11H23NOSi. The summed E-state index contributed by atoms with van der Waals surface area (Å²) in [5.41, 5.74) is 0. The fourth-order valence-corrected chi connectivity index (χ4v) is 5.35. The van der Waals surface area contributed by atoms with Gasteiger partial charge in [-0.05, 0) is 18.5 Å². The van der Waals surface area contributed by atoms with Crippen LogP contribution in [0.2, 0.25) is 19.1 Å². The quantitative estimate of drug-likeness (QED) is 0.622. The Labute approximate surface area is 88.7 Å². The Morgan fingerprint density at radius 1 is 1.50 bits per heavy atom. The van der Waals surface area contributed by atoms with Gasteiger partial charge in [0, 0.05) is 19.5 Å². The standard InChI is InChI=1S/C11H23NOSi/c1-5-12-7-6-11(13)14(3,4)9-10(2)8-12/h10H,5-9H2,1-4H3. The molecule has 1 rings (SSSR count). The molecule has 14 heavy (non-hydrogen) atoms. The van der Waals surface area contributed by atoms with E-state index < -0.39 is 8.07 Å². The van der Waals surface area contributed by atoms with Crippen molar-refractivity contribution in [3.63, 3.8) is 0 Å². The Kier molecular flexibility index (Phi) is 3.90. The SMILES string of the molecule is CCN1CCC(=O)[Si](C)(C)CC(C)C1. The van der Waals surface area contributed by atoms with Gasteiger partial charge in [0.15, 0.2) is 0 Å². The highest BCUT2D eigenvalue weighted by atomic mass is 28.3. The average Bonchev–Trinajstić information content (AvgIpc) is 2.09. The van der Waals surface area contributed by atoms with Crippen molar-refractivity contribution < 1.29 is 4.79 Å². The summed E-state index contributed by atoms with van der Waals surface area (Å²) in [6.45, 7) is 12.2. The van der Waals surface area contributed by atoms with Gasteiger partial charge in [-0.1, -0.05) is 26.9 Å². The molecule has 1 saturated heterocycles. The third kappa shape index (κ3) is 2.92. The maximum absolute atomic E-state index is 11.9. The molecule has 0 aliphatic carbocycles. The molecule has 0 radical (unpaired) electrons. The van der Waals surface area contributed by atoms with Crippen LogP contribution in [-0.2, 0) is 4.79 Å². The highest BCUT2D eigenvalue weighted by Crippen LogP contribution is 2.22. The second kappa shape index (κ2) is 4.58. The van der Waals surface area contributed by atoms with Crippen LogP contribution in [0.3, 0.4) is 0 Å². The fraction of sp³-hybridized carbons (Fsp3) is 0.909. The highest BCUT2D eigenvalue weighted by Gasteiger charge is 2.33. The van der Waals surface area contributed by atoms with Crippen LogP contribution in [0, 0.1) is 5.92 Å². The lowest BCUT2D eigenvalue weighted by atomic mass is 10.2. The molecule has 0 aromatic rings. The van der Waals surface area contributed by atoms with E-state index in [-0.39, 0.29) is 0 Å². The van der Waals surface area contributed by atoms with E-state index in [0.717, 1.165) is 19.5 Å². The molecule has 1 aliphatic rings. The maximum atomic E-state index is 11.9. The van der Waals surface area contributed by atoms with Gasteiger partial charge < -0.3 is 9.69 Å². The predicted molar refractivity (Wildman–Crippen MR) is 63.2 cm³/mol. The third-order valence-electron chi connectivity index (χ3n) is 3.29. The molecule has 1 aliphatic heterocycles. The molecule has 0 saturated carbocycles. The number of carbonyl (C=O) groups excluding carboxylic acids is 1. The predicted octanol–water partition coefficient (Wildman–Crippen LogP) is 2.16. The van der Waals surface area contributed by atoms with Crippen LogP contribution in [0.4, 0.5) is 0 Å². The molecule has 0 amide bonds. The maximum Gasteiger partial charge on any atom is 0.127 e. The molecule has 1 atom stereocenters. The zero-order chi connectivity index (χ0) is 10.8. The molecule has 3 heteroatoms. The molecule has 0 aromatic heterocycles. The average molecular weight is 213 g/mol. The largest absolute Gasteiger partial charge is 0.305 e. The molecule has 82 valence electrons. The van der Waals surface area contributed by atoms with E-state index in [2.05, 4.69) is 31.8 Å². The van der Waals surface area contributed by atoms with Crippen LogP contribution in [0.25, 0.3) is 0 Å². The molecular weight excluding hydrogens is 190 g/mol. The molecule has 2 nitrogen and oxygen atoms in total. The van der Waals surface area contributed by atoms with E-state index in [1.807, 2.05) is 0 Å². The normalized spacial score (nSPS) is 29.7. The minimum Gasteiger partial charge on any atom is -0.305 e. The van der Waals surface area contributed by atoms with Crippen LogP contribution in [0.15, 0.2) is 0 Å². The second-order valence-electron chi connectivity index (χ2n) is 5.26. The van der Waals surface area contributed by atoms with Gasteiger partial charge >= 0.3 is 0 Å². The number of hydrogen-bond donors (Lipinski definition) is 0. The summed E-state index contributed by atoms with van der Waals surface area (Å²) in [5, 5.41) is 0.572. The summed E-state index contributed by atoms with van der Waals surface area (Å²) < 4.78 is 0. The number of carbonyl (C=O) groups is 1. The second-order valence-corrected chi connectivity index (χ2v) is 9.99. The third-order valence-corrected chi connectivity index (χ3v) is 6.76. The monoisotopic (exact) mass is 213 g/mol. The van der Waals surface area contributed by atoms with Crippen LogP contribution < -0.4 is 0 Å². The minimum absolute atomic E-state index is 0.572. The van der Waals surface area contributed by atoms with Crippen molar-refractivity contribution in [1.29, 1.82) is 0 Å². The Balaban J connectivity index is 2.67. The van der Waals surface area contributed by atoms with Gasteiger partial charge in [0.2, 0.25) is 0 Å². The van der Waals surface area contributed by atoms with Crippen molar-refractivity contribution in [3.05, 3.63) is 0 Å². The topological polar surface area (TPSA) is 20.3 Å². The minimum atomic E-state index is -1.55. The number of hydrogen-bond acceptors (Lipinski definition) is 2. The first-order valence-corrected chi connectivity index (χ1v) is 8.92. The summed E-state index contributed by atoms with van der Waals surface area (Å²) in [4.78, 5) is 14.3. The smallest absolute Gasteiger partial charge is 0.127 e. The first-order chi connectivity index (χ1) is 6.45. The lowest BCUT2D eigenvalue weighted by Crippen LogP contribution is -2.45. The van der Waals surface area contributed by atoms with Crippen LogP contribution in [0.5, 0.6) is 0 Å². The number of nitrogens with zero attached hydrogens (tertiary/aromatic N) is 1. The van der Waals surface area contributed by atoms with Gasteiger partial charge in [-0.3, -0.25) is 0 Å². The molecule has 0 bridgehead atoms. The van der Waals surface area contributed by atoms with E-state index in [4.69, 9.17) is 0 Å². The summed E-state index contributed by atoms with van der Waals surface area (Å²) >= 11 is 0. The Bertz CT molecular complexity index is 215. The van der Waals surface area contributed by atoms with E-state index in [1.165, 1.54) is 12.6 Å². The van der Waals surface area contributed by atoms with Crippen molar-refractivity contribution in [2.45, 2.75) is 39.4 Å². The van der Waals surface area contributed by atoms with Gasteiger partial charge in [-0.15, -0.1) is 0 Å². The fourth-order valence-electron chi connectivity index (χ4n) is 2.47. The van der Waals surface area contributed by atoms with E-state index in [1.54, 1.807) is 0 Å². The molecule has 1 unspecified atom stereocenters. The van der Waals surface area contributed by atoms with Gasteiger partial charge in [0.25, 0.3) is 0 Å². The zero-order valence-corrected chi connectivity index (χ0v) is 11.0. The van der Waals surface area contributed by atoms with E-state index >= 15 is 0 Å². The van der Waals surface area contributed by atoms with Gasteiger partial charge in [-0.2, -0.15) is 0 Å². The summed E-state index contributed by atoms with van der Waals surface area (Å²) in [7, 11) is -1.55. The first kappa shape index (κ1) is 11.9. The highest BCUT2D eigenvalue weighted by molar-refractivity contribution is 7.04. The van der Waals surface area contributed by atoms with Crippen molar-refractivity contribution in [3.8, 4) is 0 Å². The Hall–Kier alpha value is -0.153. The van der Waals surface area contributed by atoms with Crippen molar-refractivity contribution >= 4 is 13.5 Å². The molecule has 1 heterocycles. The lowest BCUT2D eigenvalue weighted by Gasteiger charge is -2.32. The Morgan fingerprint density at radius 3 is 2.71 bits per heavy atom. The lowest BCUT2D eigenvalue weighted by molar-refractivity contribution is -0.113. The van der Waals surface area contributed by atoms with Crippen molar-refractivity contribution in [1.82, 2.24) is 4.90 Å². The van der Waals surface area contributed by atoms with Gasteiger partial charge in [-0.25, -0.2) is 0 Å². The first-order valence-electron chi connectivity index (χ1n) is 5.71. The molecule has 0 aromatic carbocycles. The summed E-state index contributed by atoms with van der Waals surface area (Å²) in [6.07, 6.45) is 0.791. The van der Waals surface area contributed by atoms with Crippen LogP contribution >= 0.6 is 0 Å². The van der Waals surface area contributed by atoms with E-state index in [9.17, 15) is 4.79 Å². The summed E-state index contributed by atoms with van der Waals surface area (Å²) in [6, 6.07) is 1.17. The molecule has 0 spiro atoms. The molecule has 1 fully saturated rings. The van der Waals surface area contributed by atoms with Crippen molar-refractivity contribution in [2.75, 3.05) is 19.6 Å². The van der Waals surface area contributed by atoms with Crippen LogP contribution in [0.1, 0.15) is 20.3 Å². The van der Waals surface area contributed by atoms with Crippen molar-refractivity contribution in [2.24, 2.45) is 5.92 Å². The van der Waals surface area contributed by atoms with Gasteiger partial charge in [0.05, 0.1) is 0 Å². The summed E-state index contributed by atoms with van der Waals surface area (Å²) in [5.74, 6) is 0.695. The Morgan fingerprint density at radius 2 is 2.14 bits per heavy atom. The van der Waals surface area contributed by atoms with Crippen LogP contribution in [-0.4, -0.2) is 38.0 Å². The van der Waals surface area contributed by atoms with Gasteiger partial charge in [0.1, 0.15) is 13.5 Å². The zero-order valence-electron chi connectivity index (χ0n) is 9.97. The van der Waals surface area contributed by atoms with E-state index in [0.29, 0.717) is 11.3 Å².